The fraction of sp³-hybridized carbons (Fsp3) is 0.667. The van der Waals surface area contributed by atoms with E-state index in [9.17, 15) is 4.39 Å². The Balaban J connectivity index is 1.86. The van der Waals surface area contributed by atoms with Crippen LogP contribution in [-0.2, 0) is 4.74 Å². The summed E-state index contributed by atoms with van der Waals surface area (Å²) in [6.45, 7) is 0. The molecule has 0 radical (unpaired) electrons. The predicted octanol–water partition coefficient (Wildman–Crippen LogP) is 3.69. The maximum atomic E-state index is 13.1. The summed E-state index contributed by atoms with van der Waals surface area (Å²) in [5.41, 5.74) is 1.34. The van der Waals surface area contributed by atoms with E-state index < -0.39 is 0 Å². The minimum Gasteiger partial charge on any atom is -0.490 e. The molecule has 1 fully saturated rings. The summed E-state index contributed by atoms with van der Waals surface area (Å²) >= 11 is 6.12. The van der Waals surface area contributed by atoms with Crippen molar-refractivity contribution in [1.82, 2.24) is 0 Å². The summed E-state index contributed by atoms with van der Waals surface area (Å²) in [5, 5.41) is 0.237. The summed E-state index contributed by atoms with van der Waals surface area (Å²) in [4.78, 5) is 0. The second-order valence-corrected chi connectivity index (χ2v) is 5.27. The van der Waals surface area contributed by atoms with Gasteiger partial charge in [-0.2, -0.15) is 0 Å². The molecule has 1 nitrogen and oxygen atoms in total. The van der Waals surface area contributed by atoms with E-state index in [1.165, 1.54) is 5.57 Å². The molecular weight excluding hydrogens is 215 g/mol. The van der Waals surface area contributed by atoms with Gasteiger partial charge in [0.25, 0.3) is 0 Å². The van der Waals surface area contributed by atoms with Gasteiger partial charge in [0, 0.05) is 30.2 Å². The Hall–Kier alpha value is -0.500. The van der Waals surface area contributed by atoms with Crippen LogP contribution in [0.2, 0.25) is 0 Å². The van der Waals surface area contributed by atoms with E-state index in [1.54, 1.807) is 6.08 Å². The number of hydrogen-bond acceptors (Lipinski definition) is 1. The molecule has 82 valence electrons. The first-order valence-electron chi connectivity index (χ1n) is 5.64. The largest absolute Gasteiger partial charge is 0.490 e. The van der Waals surface area contributed by atoms with Crippen molar-refractivity contribution in [3.63, 3.8) is 0 Å². The standard InChI is InChI=1S/C12H14ClFO/c13-7-1-3-9-10-4-2-8(14)6-12(10)15-11(9)5-7/h6-7,9,11H,1-5H2/t7-,9?,11?/m0/s1. The first-order valence-corrected chi connectivity index (χ1v) is 6.07. The number of halogens is 2. The molecule has 2 aliphatic carbocycles. The van der Waals surface area contributed by atoms with Crippen molar-refractivity contribution in [2.45, 2.75) is 43.6 Å². The Kier molecular flexibility index (Phi) is 2.27. The highest BCUT2D eigenvalue weighted by atomic mass is 35.5. The third-order valence-electron chi connectivity index (χ3n) is 3.69. The average Bonchev–Trinajstić information content (AvgIpc) is 2.53. The lowest BCUT2D eigenvalue weighted by atomic mass is 9.80. The van der Waals surface area contributed by atoms with Crippen molar-refractivity contribution in [2.75, 3.05) is 0 Å². The lowest BCUT2D eigenvalue weighted by Crippen LogP contribution is -2.28. The topological polar surface area (TPSA) is 9.23 Å². The Bertz CT molecular complexity index is 348. The van der Waals surface area contributed by atoms with E-state index in [2.05, 4.69) is 0 Å². The quantitative estimate of drug-likeness (QED) is 0.575. The second kappa shape index (κ2) is 3.51. The van der Waals surface area contributed by atoms with Crippen LogP contribution in [0.15, 0.2) is 23.2 Å². The van der Waals surface area contributed by atoms with Crippen LogP contribution >= 0.6 is 11.6 Å². The van der Waals surface area contributed by atoms with Crippen LogP contribution in [0.1, 0.15) is 32.1 Å². The highest BCUT2D eigenvalue weighted by Crippen LogP contribution is 2.46. The minimum atomic E-state index is -0.0465. The third kappa shape index (κ3) is 1.59. The van der Waals surface area contributed by atoms with Gasteiger partial charge in [-0.15, -0.1) is 11.6 Å². The van der Waals surface area contributed by atoms with Gasteiger partial charge in [-0.3, -0.25) is 0 Å². The monoisotopic (exact) mass is 228 g/mol. The molecular formula is C12H14ClFO. The van der Waals surface area contributed by atoms with Crippen LogP contribution in [0.3, 0.4) is 0 Å². The molecule has 0 bridgehead atoms. The number of alkyl halides is 1. The van der Waals surface area contributed by atoms with E-state index >= 15 is 0 Å². The van der Waals surface area contributed by atoms with Gasteiger partial charge in [-0.05, 0) is 24.8 Å². The van der Waals surface area contributed by atoms with Crippen LogP contribution in [0, 0.1) is 5.92 Å². The third-order valence-corrected chi connectivity index (χ3v) is 4.09. The van der Waals surface area contributed by atoms with E-state index in [1.807, 2.05) is 0 Å². The molecule has 0 N–H and O–H groups in total. The number of rotatable bonds is 0. The molecule has 0 aromatic carbocycles. The smallest absolute Gasteiger partial charge is 0.121 e. The Morgan fingerprint density at radius 2 is 2.20 bits per heavy atom. The van der Waals surface area contributed by atoms with Crippen LogP contribution in [0.4, 0.5) is 4.39 Å². The Morgan fingerprint density at radius 3 is 3.07 bits per heavy atom. The molecule has 15 heavy (non-hydrogen) atoms. The molecule has 0 amide bonds. The van der Waals surface area contributed by atoms with Crippen molar-refractivity contribution < 1.29 is 9.13 Å². The fourth-order valence-corrected chi connectivity index (χ4v) is 3.24. The predicted molar refractivity (Wildman–Crippen MR) is 57.3 cm³/mol. The molecule has 0 spiro atoms. The lowest BCUT2D eigenvalue weighted by molar-refractivity contribution is 0.0890. The van der Waals surface area contributed by atoms with Gasteiger partial charge in [-0.25, -0.2) is 4.39 Å². The first kappa shape index (κ1) is 9.71. The maximum Gasteiger partial charge on any atom is 0.121 e. The first-order chi connectivity index (χ1) is 7.24. The van der Waals surface area contributed by atoms with Crippen LogP contribution in [0.5, 0.6) is 0 Å². The zero-order chi connectivity index (χ0) is 10.4. The number of fused-ring (bicyclic) bond motifs is 2. The highest BCUT2D eigenvalue weighted by molar-refractivity contribution is 6.20. The normalized spacial score (nSPS) is 39.3. The molecule has 2 unspecified atom stereocenters. The number of hydrogen-bond donors (Lipinski definition) is 0. The minimum absolute atomic E-state index is 0.0465. The molecule has 1 aliphatic heterocycles. The summed E-state index contributed by atoms with van der Waals surface area (Å²) in [5.74, 6) is 1.27. The average molecular weight is 229 g/mol. The summed E-state index contributed by atoms with van der Waals surface area (Å²) in [7, 11) is 0. The summed E-state index contributed by atoms with van der Waals surface area (Å²) in [6, 6.07) is 0. The number of allylic oxidation sites excluding steroid dienone is 2. The molecule has 3 rings (SSSR count). The van der Waals surface area contributed by atoms with Gasteiger partial charge in [0.1, 0.15) is 17.7 Å². The van der Waals surface area contributed by atoms with Crippen LogP contribution < -0.4 is 0 Å². The summed E-state index contributed by atoms with van der Waals surface area (Å²) < 4.78 is 18.9. The second-order valence-electron chi connectivity index (χ2n) is 4.65. The van der Waals surface area contributed by atoms with Gasteiger partial charge in [-0.1, -0.05) is 0 Å². The van der Waals surface area contributed by atoms with Gasteiger partial charge in [0.2, 0.25) is 0 Å². The Labute approximate surface area is 93.9 Å². The van der Waals surface area contributed by atoms with Gasteiger partial charge in [0.15, 0.2) is 0 Å². The molecule has 0 saturated heterocycles. The number of ether oxygens (including phenoxy) is 1. The Morgan fingerprint density at radius 1 is 1.33 bits per heavy atom. The molecule has 0 aromatic heterocycles. The fourth-order valence-electron chi connectivity index (χ4n) is 2.93. The summed E-state index contributed by atoms with van der Waals surface area (Å²) in [6.07, 6.45) is 6.26. The molecule has 1 heterocycles. The molecule has 1 saturated carbocycles. The van der Waals surface area contributed by atoms with E-state index in [0.29, 0.717) is 12.3 Å². The van der Waals surface area contributed by atoms with Gasteiger partial charge >= 0.3 is 0 Å². The van der Waals surface area contributed by atoms with Crippen molar-refractivity contribution in [2.24, 2.45) is 5.92 Å². The van der Waals surface area contributed by atoms with Gasteiger partial charge in [0.05, 0.1) is 0 Å². The highest BCUT2D eigenvalue weighted by Gasteiger charge is 2.40. The van der Waals surface area contributed by atoms with Gasteiger partial charge < -0.3 is 4.74 Å². The van der Waals surface area contributed by atoms with Crippen molar-refractivity contribution in [3.05, 3.63) is 23.2 Å². The van der Waals surface area contributed by atoms with Crippen molar-refractivity contribution in [1.29, 1.82) is 0 Å². The van der Waals surface area contributed by atoms with Crippen LogP contribution in [-0.4, -0.2) is 11.5 Å². The zero-order valence-electron chi connectivity index (χ0n) is 8.51. The lowest BCUT2D eigenvalue weighted by Gasteiger charge is -2.28. The zero-order valence-corrected chi connectivity index (χ0v) is 9.27. The van der Waals surface area contributed by atoms with Crippen molar-refractivity contribution >= 4 is 11.6 Å². The molecule has 3 heteroatoms. The van der Waals surface area contributed by atoms with Crippen molar-refractivity contribution in [3.8, 4) is 0 Å². The molecule has 0 aromatic rings. The molecule has 3 atom stereocenters. The van der Waals surface area contributed by atoms with E-state index in [-0.39, 0.29) is 17.3 Å². The molecule has 3 aliphatic rings. The van der Waals surface area contributed by atoms with E-state index in [0.717, 1.165) is 31.4 Å². The maximum absolute atomic E-state index is 13.1. The van der Waals surface area contributed by atoms with E-state index in [4.69, 9.17) is 16.3 Å². The SMILES string of the molecule is FC1=CC2=C(CC1)C1CC[C@H](Cl)CC1O2. The van der Waals surface area contributed by atoms with Crippen LogP contribution in [0.25, 0.3) is 0 Å².